The van der Waals surface area contributed by atoms with Gasteiger partial charge in [0.25, 0.3) is 5.91 Å². The number of ketones is 1. The highest BCUT2D eigenvalue weighted by Crippen LogP contribution is 2.44. The molecule has 4 heterocycles. The molecule has 0 aliphatic carbocycles. The number of carbonyl (C=O) groups is 4. The molecule has 0 saturated carbocycles. The number of benzene rings is 1. The number of Topliss-reactive ketones (excluding diaryl/α,β-unsaturated/α-hetero) is 1. The van der Waals surface area contributed by atoms with Crippen LogP contribution < -0.4 is 4.90 Å². The Morgan fingerprint density at radius 3 is 2.28 bits per heavy atom. The smallest absolute Gasteiger partial charge is 0.414 e. The van der Waals surface area contributed by atoms with E-state index >= 15 is 0 Å². The number of aliphatic carboxylic acids is 2. The summed E-state index contributed by atoms with van der Waals surface area (Å²) in [6.07, 6.45) is 2.81. The second-order valence-electron chi connectivity index (χ2n) is 7.70. The number of hydrogen-bond donors (Lipinski definition) is 3. The first-order valence-electron chi connectivity index (χ1n) is 10.3. The van der Waals surface area contributed by atoms with Crippen LogP contribution in [0, 0.1) is 13.8 Å². The van der Waals surface area contributed by atoms with Crippen molar-refractivity contribution < 1.29 is 43.3 Å². The third-order valence-corrected chi connectivity index (χ3v) is 6.22. The summed E-state index contributed by atoms with van der Waals surface area (Å²) in [5, 5.41) is 25.8. The van der Waals surface area contributed by atoms with Crippen molar-refractivity contribution in [1.29, 1.82) is 0 Å². The van der Waals surface area contributed by atoms with Crippen LogP contribution in [0.2, 0.25) is 0 Å². The van der Waals surface area contributed by atoms with Gasteiger partial charge in [0.2, 0.25) is 5.78 Å². The molecule has 0 spiro atoms. The van der Waals surface area contributed by atoms with Crippen molar-refractivity contribution in [2.75, 3.05) is 4.90 Å². The predicted octanol–water partition coefficient (Wildman–Crippen LogP) is 4.04. The van der Waals surface area contributed by atoms with Gasteiger partial charge in [-0.2, -0.15) is 0 Å². The number of carboxylic acid groups (broad SMARTS) is 2. The minimum absolute atomic E-state index is 0.0264. The minimum Gasteiger partial charge on any atom is -0.503 e. The number of nitrogens with zero attached hydrogens (tertiary/aromatic N) is 2. The third-order valence-electron chi connectivity index (χ3n) is 5.22. The number of furan rings is 2. The lowest BCUT2D eigenvalue weighted by molar-refractivity contribution is -0.159. The summed E-state index contributed by atoms with van der Waals surface area (Å²) in [5.41, 5.74) is 2.74. The number of rotatable bonds is 4. The number of amides is 1. The molecule has 1 unspecified atom stereocenters. The summed E-state index contributed by atoms with van der Waals surface area (Å²) in [5.74, 6) is -5.20. The molecule has 1 aliphatic rings. The van der Waals surface area contributed by atoms with E-state index in [0.717, 1.165) is 21.3 Å². The summed E-state index contributed by atoms with van der Waals surface area (Å²) >= 11 is 1.32. The van der Waals surface area contributed by atoms with E-state index in [9.17, 15) is 14.7 Å². The van der Waals surface area contributed by atoms with E-state index in [2.05, 4.69) is 4.98 Å². The first-order chi connectivity index (χ1) is 17.1. The van der Waals surface area contributed by atoms with Gasteiger partial charge in [0, 0.05) is 0 Å². The highest BCUT2D eigenvalue weighted by Gasteiger charge is 2.47. The Bertz CT molecular complexity index is 1500. The molecule has 5 rings (SSSR count). The van der Waals surface area contributed by atoms with Crippen molar-refractivity contribution in [2.45, 2.75) is 19.9 Å². The number of carbonyl (C=O) groups excluding carboxylic acids is 2. The number of aliphatic hydroxyl groups excluding tert-OH is 1. The van der Waals surface area contributed by atoms with Gasteiger partial charge in [-0.1, -0.05) is 17.4 Å². The molecule has 4 aromatic rings. The zero-order chi connectivity index (χ0) is 26.1. The summed E-state index contributed by atoms with van der Waals surface area (Å²) in [7, 11) is 0. The summed E-state index contributed by atoms with van der Waals surface area (Å²) in [6.45, 7) is 3.95. The van der Waals surface area contributed by atoms with E-state index in [4.69, 9.17) is 28.6 Å². The second kappa shape index (κ2) is 9.50. The molecule has 0 saturated heterocycles. The van der Waals surface area contributed by atoms with Gasteiger partial charge >= 0.3 is 11.9 Å². The zero-order valence-corrected chi connectivity index (χ0v) is 19.6. The van der Waals surface area contributed by atoms with E-state index in [0.29, 0.717) is 10.9 Å². The summed E-state index contributed by atoms with van der Waals surface area (Å²) in [4.78, 5) is 50.3. The number of hydrogen-bond acceptors (Lipinski definition) is 9. The fraction of sp³-hybridized carbons (Fsp3) is 0.125. The van der Waals surface area contributed by atoms with Crippen LogP contribution in [0.5, 0.6) is 0 Å². The molecule has 1 atom stereocenters. The molecule has 36 heavy (non-hydrogen) atoms. The van der Waals surface area contributed by atoms with Gasteiger partial charge in [-0.15, -0.1) is 0 Å². The maximum absolute atomic E-state index is 13.1. The van der Waals surface area contributed by atoms with Crippen LogP contribution in [-0.2, 0) is 14.4 Å². The Morgan fingerprint density at radius 2 is 1.69 bits per heavy atom. The Kier molecular flexibility index (Phi) is 6.45. The molecule has 1 amide bonds. The fourth-order valence-electron chi connectivity index (χ4n) is 3.75. The maximum atomic E-state index is 13.1. The van der Waals surface area contributed by atoms with E-state index in [1.54, 1.807) is 18.2 Å². The topological polar surface area (TPSA) is 171 Å². The highest BCUT2D eigenvalue weighted by atomic mass is 32.1. The Morgan fingerprint density at radius 1 is 1.03 bits per heavy atom. The molecule has 1 aliphatic heterocycles. The molecular weight excluding hydrogens is 492 g/mol. The van der Waals surface area contributed by atoms with Crippen molar-refractivity contribution in [3.05, 3.63) is 82.9 Å². The van der Waals surface area contributed by atoms with Crippen LogP contribution in [-0.4, -0.2) is 43.9 Å². The van der Waals surface area contributed by atoms with Gasteiger partial charge in [0.05, 0.1) is 28.3 Å². The lowest BCUT2D eigenvalue weighted by atomic mass is 10.00. The van der Waals surface area contributed by atoms with E-state index < -0.39 is 35.4 Å². The SMILES string of the molecule is Cc1cc(C)c2nc(N3C(=O)C(O)=C(C(=O)c4ccco4)C3c3ccco3)sc2c1.O=C(O)C(=O)O. The molecule has 3 N–H and O–H groups in total. The van der Waals surface area contributed by atoms with Crippen molar-refractivity contribution in [3.8, 4) is 0 Å². The lowest BCUT2D eigenvalue weighted by Crippen LogP contribution is -2.30. The summed E-state index contributed by atoms with van der Waals surface area (Å²) in [6, 6.07) is 9.43. The fourth-order valence-corrected chi connectivity index (χ4v) is 4.92. The first kappa shape index (κ1) is 24.4. The number of aliphatic hydroxyl groups is 1. The predicted molar refractivity (Wildman–Crippen MR) is 126 cm³/mol. The van der Waals surface area contributed by atoms with Crippen molar-refractivity contribution in [1.82, 2.24) is 4.98 Å². The largest absolute Gasteiger partial charge is 0.503 e. The van der Waals surface area contributed by atoms with Crippen LogP contribution in [0.4, 0.5) is 5.13 Å². The zero-order valence-electron chi connectivity index (χ0n) is 18.8. The van der Waals surface area contributed by atoms with Gasteiger partial charge in [0.1, 0.15) is 11.8 Å². The summed E-state index contributed by atoms with van der Waals surface area (Å²) < 4.78 is 11.7. The van der Waals surface area contributed by atoms with Gasteiger partial charge in [-0.05, 0) is 55.3 Å². The van der Waals surface area contributed by atoms with Crippen molar-refractivity contribution >= 4 is 50.3 Å². The van der Waals surface area contributed by atoms with Gasteiger partial charge in [-0.3, -0.25) is 14.5 Å². The Hall–Kier alpha value is -4.71. The number of thiazole rings is 1. The monoisotopic (exact) mass is 510 g/mol. The van der Waals surface area contributed by atoms with Crippen molar-refractivity contribution in [3.63, 3.8) is 0 Å². The molecule has 3 aromatic heterocycles. The number of anilines is 1. The third kappa shape index (κ3) is 4.36. The minimum atomic E-state index is -1.82. The van der Waals surface area contributed by atoms with Crippen LogP contribution in [0.25, 0.3) is 10.2 Å². The average molecular weight is 510 g/mol. The van der Waals surface area contributed by atoms with E-state index in [1.165, 1.54) is 34.8 Å². The van der Waals surface area contributed by atoms with Gasteiger partial charge in [0.15, 0.2) is 16.7 Å². The van der Waals surface area contributed by atoms with Crippen LogP contribution in [0.15, 0.2) is 69.1 Å². The Balaban J connectivity index is 0.000000455. The van der Waals surface area contributed by atoms with E-state index in [1.807, 2.05) is 26.0 Å². The molecule has 12 heteroatoms. The van der Waals surface area contributed by atoms with Crippen LogP contribution >= 0.6 is 11.3 Å². The number of aryl methyl sites for hydroxylation is 2. The number of aromatic nitrogens is 1. The maximum Gasteiger partial charge on any atom is 0.414 e. The molecule has 0 radical (unpaired) electrons. The van der Waals surface area contributed by atoms with E-state index in [-0.39, 0.29) is 11.3 Å². The molecular formula is C24H18N2O9S. The normalized spacial score (nSPS) is 15.2. The molecule has 1 aromatic carbocycles. The molecule has 11 nitrogen and oxygen atoms in total. The Labute approximate surface area is 206 Å². The van der Waals surface area contributed by atoms with Crippen LogP contribution in [0.3, 0.4) is 0 Å². The molecule has 0 bridgehead atoms. The first-order valence-corrected chi connectivity index (χ1v) is 11.1. The standard InChI is InChI=1S/C22H16N2O5S.C2H2O4/c1-11-9-12(2)17-15(10-11)30-22(23-17)24-18(13-5-3-7-28-13)16(20(26)21(24)27)19(25)14-6-4-8-29-14;3-1(4)2(5)6/h3-10,18,26H,1-2H3;(H,3,4)(H,5,6). The highest BCUT2D eigenvalue weighted by molar-refractivity contribution is 7.22. The molecule has 0 fully saturated rings. The van der Waals surface area contributed by atoms with Crippen LogP contribution in [0.1, 0.15) is 33.5 Å². The number of carboxylic acids is 2. The quantitative estimate of drug-likeness (QED) is 0.269. The number of fused-ring (bicyclic) bond motifs is 1. The lowest BCUT2D eigenvalue weighted by Gasteiger charge is -2.21. The van der Waals surface area contributed by atoms with Gasteiger partial charge in [-0.25, -0.2) is 14.6 Å². The van der Waals surface area contributed by atoms with Gasteiger partial charge < -0.3 is 24.2 Å². The second-order valence-corrected chi connectivity index (χ2v) is 8.71. The van der Waals surface area contributed by atoms with Crippen molar-refractivity contribution in [2.24, 2.45) is 0 Å². The average Bonchev–Trinajstić information content (AvgIpc) is 3.61. The molecule has 184 valence electrons.